The first-order valence-corrected chi connectivity index (χ1v) is 16.5. The molecule has 2 aromatic carbocycles. The van der Waals surface area contributed by atoms with Crippen molar-refractivity contribution in [2.24, 2.45) is 17.8 Å². The number of nitrogens with one attached hydrogen (secondary N) is 1. The standard InChI is InChI=1S/C36H44N6O2/c1-25-28-5-3-6-30(19-28)36(24-41-18-15-39-34(25)41,32-7-4-8-33(32)44-35(43)38-2)29-13-16-40(17-14-29)21-27-22-42(23-27)31-11-9-26(20-37)10-12-31/h3,5-6,9-12,15,18-19,25,27,29,32-33H,4,7-8,13-14,16-17,21-24H2,1-2H3,(H,38,43)/t25?,32-,33?,36?/m0/s1. The largest absolute Gasteiger partial charge is 0.446 e. The summed E-state index contributed by atoms with van der Waals surface area (Å²) < 4.78 is 8.54. The molecular weight excluding hydrogens is 548 g/mol. The molecule has 7 rings (SSSR count). The van der Waals surface area contributed by atoms with Crippen molar-refractivity contribution in [2.45, 2.75) is 63.0 Å². The molecule has 1 aromatic heterocycles. The van der Waals surface area contributed by atoms with Gasteiger partial charge in [-0.25, -0.2) is 9.78 Å². The Kier molecular flexibility index (Phi) is 7.84. The topological polar surface area (TPSA) is 86.4 Å². The number of fused-ring (bicyclic) bond motifs is 3. The first kappa shape index (κ1) is 28.9. The van der Waals surface area contributed by atoms with Gasteiger partial charge in [-0.2, -0.15) is 5.26 Å². The SMILES string of the molecule is CNC(=O)OC1CCC[C@@H]1C1(C2CCN(CC3CN(c4ccc(C#N)cc4)C3)CC2)Cn2ccnc2C(C)c2cccc1c2. The average Bonchev–Trinajstić information content (AvgIpc) is 3.70. The number of aromatic nitrogens is 2. The van der Waals surface area contributed by atoms with Gasteiger partial charge in [-0.05, 0) is 86.5 Å². The van der Waals surface area contributed by atoms with Crippen molar-refractivity contribution in [3.05, 3.63) is 83.4 Å². The summed E-state index contributed by atoms with van der Waals surface area (Å²) in [5.74, 6) is 2.76. The molecule has 3 aromatic rings. The number of hydrogen-bond acceptors (Lipinski definition) is 6. The Bertz CT molecular complexity index is 1510. The van der Waals surface area contributed by atoms with E-state index in [-0.39, 0.29) is 29.4 Å². The summed E-state index contributed by atoms with van der Waals surface area (Å²) in [7, 11) is 1.65. The first-order valence-electron chi connectivity index (χ1n) is 16.5. The lowest BCUT2D eigenvalue weighted by atomic mass is 9.58. The van der Waals surface area contributed by atoms with Crippen LogP contribution in [0, 0.1) is 29.1 Å². The Hall–Kier alpha value is -3.83. The Morgan fingerprint density at radius 2 is 1.91 bits per heavy atom. The zero-order valence-electron chi connectivity index (χ0n) is 26.0. The number of piperidine rings is 1. The first-order chi connectivity index (χ1) is 21.5. The van der Waals surface area contributed by atoms with E-state index in [1.165, 1.54) is 16.8 Å². The Morgan fingerprint density at radius 3 is 2.66 bits per heavy atom. The maximum Gasteiger partial charge on any atom is 0.407 e. The van der Waals surface area contributed by atoms with E-state index in [0.717, 1.165) is 77.2 Å². The molecule has 1 amide bonds. The molecule has 1 saturated carbocycles. The summed E-state index contributed by atoms with van der Waals surface area (Å²) in [6, 6.07) is 19.5. The van der Waals surface area contributed by atoms with Gasteiger partial charge in [-0.1, -0.05) is 31.2 Å². The number of carbonyl (C=O) groups excluding carboxylic acids is 1. The van der Waals surface area contributed by atoms with Gasteiger partial charge in [-0.3, -0.25) is 0 Å². The number of hydrogen-bond donors (Lipinski definition) is 1. The number of nitriles is 1. The maximum absolute atomic E-state index is 12.5. The lowest BCUT2D eigenvalue weighted by Crippen LogP contribution is -2.55. The van der Waals surface area contributed by atoms with Gasteiger partial charge < -0.3 is 24.4 Å². The number of likely N-dealkylation sites (tertiary alicyclic amines) is 1. The van der Waals surface area contributed by atoms with Crippen molar-refractivity contribution in [1.82, 2.24) is 19.8 Å². The van der Waals surface area contributed by atoms with Gasteiger partial charge in [0.15, 0.2) is 0 Å². The van der Waals surface area contributed by atoms with Crippen LogP contribution in [0.2, 0.25) is 0 Å². The highest BCUT2D eigenvalue weighted by molar-refractivity contribution is 5.67. The fourth-order valence-corrected chi connectivity index (χ4v) is 8.95. The van der Waals surface area contributed by atoms with Gasteiger partial charge in [0.05, 0.1) is 11.6 Å². The number of nitrogens with zero attached hydrogens (tertiary/aromatic N) is 5. The summed E-state index contributed by atoms with van der Waals surface area (Å²) in [5.41, 5.74) is 4.51. The smallest absolute Gasteiger partial charge is 0.407 e. The van der Waals surface area contributed by atoms with Crippen LogP contribution in [0.1, 0.15) is 67.5 Å². The Balaban J connectivity index is 1.12. The maximum atomic E-state index is 12.5. The monoisotopic (exact) mass is 592 g/mol. The van der Waals surface area contributed by atoms with E-state index in [2.05, 4.69) is 75.3 Å². The second-order valence-corrected chi connectivity index (χ2v) is 13.5. The van der Waals surface area contributed by atoms with Crippen LogP contribution in [-0.2, 0) is 16.7 Å². The summed E-state index contributed by atoms with van der Waals surface area (Å²) in [4.78, 5) is 22.5. The third-order valence-electron chi connectivity index (χ3n) is 11.2. The highest BCUT2D eigenvalue weighted by atomic mass is 16.6. The number of carbonyl (C=O) groups is 1. The average molecular weight is 593 g/mol. The minimum Gasteiger partial charge on any atom is -0.446 e. The fraction of sp³-hybridized carbons (Fsp3) is 0.528. The number of imidazole rings is 1. The number of alkyl carbamates (subject to hydrolysis) is 1. The van der Waals surface area contributed by atoms with Crippen LogP contribution >= 0.6 is 0 Å². The predicted octanol–water partition coefficient (Wildman–Crippen LogP) is 5.53. The molecule has 8 nitrogen and oxygen atoms in total. The zero-order valence-corrected chi connectivity index (χ0v) is 26.0. The summed E-state index contributed by atoms with van der Waals surface area (Å²) >= 11 is 0. The van der Waals surface area contributed by atoms with E-state index >= 15 is 0 Å². The van der Waals surface area contributed by atoms with Crippen LogP contribution in [0.5, 0.6) is 0 Å². The van der Waals surface area contributed by atoms with Crippen molar-refractivity contribution in [3.8, 4) is 6.07 Å². The molecular formula is C36H44N6O2. The fourth-order valence-electron chi connectivity index (χ4n) is 8.95. The minimum atomic E-state index is -0.320. The molecule has 4 aliphatic rings. The quantitative estimate of drug-likeness (QED) is 0.405. The van der Waals surface area contributed by atoms with Crippen LogP contribution in [0.25, 0.3) is 0 Å². The van der Waals surface area contributed by atoms with E-state index in [0.29, 0.717) is 17.4 Å². The van der Waals surface area contributed by atoms with Gasteiger partial charge in [0, 0.05) is 74.5 Å². The van der Waals surface area contributed by atoms with Crippen LogP contribution in [0.15, 0.2) is 60.9 Å². The van der Waals surface area contributed by atoms with E-state index in [4.69, 9.17) is 15.0 Å². The summed E-state index contributed by atoms with van der Waals surface area (Å²) in [6.07, 6.45) is 9.06. The molecule has 1 aliphatic carbocycles. The lowest BCUT2D eigenvalue weighted by molar-refractivity contribution is 0.00134. The third-order valence-corrected chi connectivity index (χ3v) is 11.2. The van der Waals surface area contributed by atoms with Crippen molar-refractivity contribution in [1.29, 1.82) is 5.26 Å². The second kappa shape index (κ2) is 11.9. The molecule has 4 atom stereocenters. The molecule has 3 aliphatic heterocycles. The second-order valence-electron chi connectivity index (χ2n) is 13.5. The highest BCUT2D eigenvalue weighted by Gasteiger charge is 2.53. The predicted molar refractivity (Wildman–Crippen MR) is 171 cm³/mol. The minimum absolute atomic E-state index is 0.0939. The molecule has 3 unspecified atom stereocenters. The molecule has 8 heteroatoms. The van der Waals surface area contributed by atoms with Gasteiger partial charge in [0.25, 0.3) is 0 Å². The van der Waals surface area contributed by atoms with Gasteiger partial charge in [-0.15, -0.1) is 0 Å². The van der Waals surface area contributed by atoms with Crippen LogP contribution < -0.4 is 10.2 Å². The van der Waals surface area contributed by atoms with Crippen LogP contribution in [0.3, 0.4) is 0 Å². The molecule has 2 saturated heterocycles. The summed E-state index contributed by atoms with van der Waals surface area (Å²) in [6.45, 7) is 8.62. The molecule has 2 bridgehead atoms. The third kappa shape index (κ3) is 5.15. The zero-order chi connectivity index (χ0) is 30.3. The molecule has 4 heterocycles. The Labute approximate surface area is 261 Å². The van der Waals surface area contributed by atoms with Crippen LogP contribution in [-0.4, -0.2) is 66.4 Å². The molecule has 0 spiro atoms. The van der Waals surface area contributed by atoms with Crippen molar-refractivity contribution < 1.29 is 9.53 Å². The summed E-state index contributed by atoms with van der Waals surface area (Å²) in [5, 5.41) is 11.8. The van der Waals surface area contributed by atoms with Crippen molar-refractivity contribution in [2.75, 3.05) is 44.7 Å². The van der Waals surface area contributed by atoms with E-state index < -0.39 is 0 Å². The number of ether oxygens (including phenoxy) is 1. The van der Waals surface area contributed by atoms with Crippen molar-refractivity contribution in [3.63, 3.8) is 0 Å². The van der Waals surface area contributed by atoms with E-state index in [1.807, 2.05) is 18.3 Å². The molecule has 3 fully saturated rings. The highest BCUT2D eigenvalue weighted by Crippen LogP contribution is 2.53. The van der Waals surface area contributed by atoms with E-state index in [9.17, 15) is 4.79 Å². The van der Waals surface area contributed by atoms with Gasteiger partial charge in [0.1, 0.15) is 11.9 Å². The lowest BCUT2D eigenvalue weighted by Gasteiger charge is -2.52. The Morgan fingerprint density at radius 1 is 1.11 bits per heavy atom. The van der Waals surface area contributed by atoms with Gasteiger partial charge >= 0.3 is 6.09 Å². The molecule has 0 radical (unpaired) electrons. The van der Waals surface area contributed by atoms with Crippen molar-refractivity contribution >= 4 is 11.8 Å². The molecule has 44 heavy (non-hydrogen) atoms. The van der Waals surface area contributed by atoms with Gasteiger partial charge in [0.2, 0.25) is 0 Å². The number of amides is 1. The number of rotatable bonds is 6. The number of anilines is 1. The van der Waals surface area contributed by atoms with E-state index in [1.54, 1.807) is 7.05 Å². The normalized spacial score (nSPS) is 27.5. The number of benzene rings is 2. The molecule has 1 N–H and O–H groups in total. The molecule has 230 valence electrons. The van der Waals surface area contributed by atoms with Crippen LogP contribution in [0.4, 0.5) is 10.5 Å².